The zero-order valence-corrected chi connectivity index (χ0v) is 23.1. The van der Waals surface area contributed by atoms with E-state index < -0.39 is 34.1 Å². The molecule has 1 aliphatic rings. The molecule has 3 rings (SSSR count). The fourth-order valence-electron chi connectivity index (χ4n) is 5.18. The van der Waals surface area contributed by atoms with Crippen molar-refractivity contribution in [1.82, 2.24) is 10.6 Å². The highest BCUT2D eigenvalue weighted by molar-refractivity contribution is 8.24. The lowest BCUT2D eigenvalue weighted by molar-refractivity contribution is -0.139. The van der Waals surface area contributed by atoms with E-state index in [-0.39, 0.29) is 31.2 Å². The molecule has 0 saturated carbocycles. The number of benzene rings is 2. The first-order valence-electron chi connectivity index (χ1n) is 13.0. The van der Waals surface area contributed by atoms with Gasteiger partial charge in [-0.3, -0.25) is 24.0 Å². The molecule has 10 heteroatoms. The maximum absolute atomic E-state index is 11.6. The van der Waals surface area contributed by atoms with Crippen molar-refractivity contribution in [1.29, 1.82) is 0 Å². The Morgan fingerprint density at radius 3 is 2.34 bits per heavy atom. The SMILES string of the molecule is CCCC[C@]1(CC)CS(O)(O)c2cc(CNC(CC(=O)O)CC(=O)O)c(OC)cc2[C@H](c2ccccc2)N1. The van der Waals surface area contributed by atoms with Crippen LogP contribution in [0.15, 0.2) is 47.4 Å². The molecule has 6 N–H and O–H groups in total. The first kappa shape index (κ1) is 29.9. The van der Waals surface area contributed by atoms with Crippen LogP contribution >= 0.6 is 10.6 Å². The van der Waals surface area contributed by atoms with Gasteiger partial charge in [0.1, 0.15) is 5.75 Å². The van der Waals surface area contributed by atoms with Crippen molar-refractivity contribution in [2.24, 2.45) is 0 Å². The van der Waals surface area contributed by atoms with Crippen LogP contribution in [-0.2, 0) is 16.1 Å². The van der Waals surface area contributed by atoms with Gasteiger partial charge in [-0.2, -0.15) is 10.6 Å². The Morgan fingerprint density at radius 2 is 1.79 bits per heavy atom. The minimum absolute atomic E-state index is 0.107. The van der Waals surface area contributed by atoms with Crippen LogP contribution in [0.5, 0.6) is 5.75 Å². The number of carbonyl (C=O) groups is 2. The first-order chi connectivity index (χ1) is 18.0. The minimum atomic E-state index is -3.23. The smallest absolute Gasteiger partial charge is 0.304 e. The number of carboxylic acid groups (broad SMARTS) is 2. The van der Waals surface area contributed by atoms with Gasteiger partial charge in [0.25, 0.3) is 0 Å². The number of carboxylic acids is 2. The van der Waals surface area contributed by atoms with Crippen LogP contribution in [0, 0.1) is 0 Å². The lowest BCUT2D eigenvalue weighted by Gasteiger charge is -2.42. The van der Waals surface area contributed by atoms with Gasteiger partial charge in [0, 0.05) is 29.3 Å². The van der Waals surface area contributed by atoms with Gasteiger partial charge in [-0.15, -0.1) is 0 Å². The summed E-state index contributed by atoms with van der Waals surface area (Å²) in [4.78, 5) is 22.9. The summed E-state index contributed by atoms with van der Waals surface area (Å²) in [5.74, 6) is -1.54. The molecule has 0 amide bonds. The van der Waals surface area contributed by atoms with Gasteiger partial charge in [-0.1, -0.05) is 57.0 Å². The molecular weight excluding hydrogens is 508 g/mol. The van der Waals surface area contributed by atoms with Gasteiger partial charge in [-0.25, -0.2) is 0 Å². The van der Waals surface area contributed by atoms with Crippen LogP contribution in [0.25, 0.3) is 0 Å². The molecule has 38 heavy (non-hydrogen) atoms. The molecule has 0 fully saturated rings. The van der Waals surface area contributed by atoms with Gasteiger partial charge >= 0.3 is 11.9 Å². The highest BCUT2D eigenvalue weighted by Crippen LogP contribution is 2.58. The van der Waals surface area contributed by atoms with Gasteiger partial charge in [0.2, 0.25) is 0 Å². The number of aliphatic carboxylic acids is 2. The van der Waals surface area contributed by atoms with E-state index in [1.54, 1.807) is 6.07 Å². The predicted octanol–water partition coefficient (Wildman–Crippen LogP) is 5.24. The summed E-state index contributed by atoms with van der Waals surface area (Å²) in [6.45, 7) is 4.29. The van der Waals surface area contributed by atoms with Crippen molar-refractivity contribution in [2.75, 3.05) is 12.9 Å². The molecule has 0 aromatic heterocycles. The average Bonchev–Trinajstić information content (AvgIpc) is 2.97. The van der Waals surface area contributed by atoms with E-state index in [2.05, 4.69) is 24.5 Å². The zero-order chi connectivity index (χ0) is 27.9. The molecular formula is C28H40N2O7S. The Kier molecular flexibility index (Phi) is 10.2. The number of rotatable bonds is 13. The van der Waals surface area contributed by atoms with Crippen LogP contribution in [0.1, 0.15) is 75.1 Å². The number of hydrogen-bond donors (Lipinski definition) is 6. The van der Waals surface area contributed by atoms with Crippen molar-refractivity contribution < 1.29 is 33.6 Å². The second-order valence-electron chi connectivity index (χ2n) is 10.0. The molecule has 0 bridgehead atoms. The molecule has 0 spiro atoms. The Labute approximate surface area is 226 Å². The van der Waals surface area contributed by atoms with Gasteiger partial charge in [0.15, 0.2) is 0 Å². The largest absolute Gasteiger partial charge is 0.496 e. The van der Waals surface area contributed by atoms with Crippen molar-refractivity contribution in [3.05, 3.63) is 59.2 Å². The quantitative estimate of drug-likeness (QED) is 0.197. The summed E-state index contributed by atoms with van der Waals surface area (Å²) >= 11 is 0. The molecule has 210 valence electrons. The summed E-state index contributed by atoms with van der Waals surface area (Å²) in [6, 6.07) is 12.3. The lowest BCUT2D eigenvalue weighted by Crippen LogP contribution is -2.49. The minimum Gasteiger partial charge on any atom is -0.496 e. The van der Waals surface area contributed by atoms with Crippen molar-refractivity contribution in [3.63, 3.8) is 0 Å². The number of unbranched alkanes of at least 4 members (excludes halogenated alkanes) is 1. The Hall–Kier alpha value is -2.63. The van der Waals surface area contributed by atoms with Crippen LogP contribution in [0.2, 0.25) is 0 Å². The maximum atomic E-state index is 11.6. The van der Waals surface area contributed by atoms with Crippen LogP contribution < -0.4 is 15.4 Å². The lowest BCUT2D eigenvalue weighted by atomic mass is 9.88. The summed E-state index contributed by atoms with van der Waals surface area (Å²) < 4.78 is 28.9. The summed E-state index contributed by atoms with van der Waals surface area (Å²) in [5, 5.41) is 25.2. The van der Waals surface area contributed by atoms with E-state index in [0.717, 1.165) is 36.8 Å². The average molecular weight is 549 g/mol. The second kappa shape index (κ2) is 12.9. The molecule has 2 aromatic carbocycles. The van der Waals surface area contributed by atoms with Crippen LogP contribution in [-0.4, -0.2) is 55.7 Å². The number of hydrogen-bond acceptors (Lipinski definition) is 7. The van der Waals surface area contributed by atoms with Crippen molar-refractivity contribution in [3.8, 4) is 5.75 Å². The summed E-state index contributed by atoms with van der Waals surface area (Å²) in [5.41, 5.74) is 1.82. The van der Waals surface area contributed by atoms with Gasteiger partial charge < -0.3 is 20.3 Å². The van der Waals surface area contributed by atoms with Crippen molar-refractivity contribution >= 4 is 22.5 Å². The van der Waals surface area contributed by atoms with E-state index >= 15 is 0 Å². The van der Waals surface area contributed by atoms with E-state index in [1.165, 1.54) is 7.11 Å². The Bertz CT molecular complexity index is 1100. The second-order valence-corrected chi connectivity index (χ2v) is 12.1. The molecule has 1 aliphatic heterocycles. The molecule has 2 atom stereocenters. The fourth-order valence-corrected chi connectivity index (χ4v) is 7.43. The van der Waals surface area contributed by atoms with Crippen molar-refractivity contribution in [2.45, 2.75) is 81.4 Å². The third kappa shape index (κ3) is 7.27. The topological polar surface area (TPSA) is 148 Å². The zero-order valence-electron chi connectivity index (χ0n) is 22.3. The molecule has 9 nitrogen and oxygen atoms in total. The Balaban J connectivity index is 2.10. The highest BCUT2D eigenvalue weighted by atomic mass is 32.3. The summed E-state index contributed by atoms with van der Waals surface area (Å²) in [7, 11) is -1.71. The van der Waals surface area contributed by atoms with E-state index in [9.17, 15) is 28.9 Å². The number of nitrogens with one attached hydrogen (secondary N) is 2. The standard InChI is InChI=1S/C28H40N2O7S/c1-4-6-12-28(5-2)18-38(35,36)24-13-20(17-29-21(14-25(31)32)15-26(33)34)23(37-3)16-22(24)27(30-28)19-10-8-7-9-11-19/h7-11,13,16,21,27,29-30,35-36H,4-6,12,14-15,17-18H2,1-3H3,(H,31,32)(H,33,34)/t27-,28+/m0/s1. The molecule has 0 saturated heterocycles. The molecule has 0 aliphatic carbocycles. The number of ether oxygens (including phenoxy) is 1. The number of fused-ring (bicyclic) bond motifs is 1. The maximum Gasteiger partial charge on any atom is 0.304 e. The van der Waals surface area contributed by atoms with Crippen LogP contribution in [0.4, 0.5) is 0 Å². The molecule has 1 heterocycles. The third-order valence-corrected chi connectivity index (χ3v) is 9.26. The Morgan fingerprint density at radius 1 is 1.13 bits per heavy atom. The predicted molar refractivity (Wildman–Crippen MR) is 148 cm³/mol. The first-order valence-corrected chi connectivity index (χ1v) is 14.7. The van der Waals surface area contributed by atoms with Crippen LogP contribution in [0.3, 0.4) is 0 Å². The monoisotopic (exact) mass is 548 g/mol. The van der Waals surface area contributed by atoms with E-state index in [1.807, 2.05) is 36.4 Å². The van der Waals surface area contributed by atoms with E-state index in [0.29, 0.717) is 16.2 Å². The number of methoxy groups -OCH3 is 1. The summed E-state index contributed by atoms with van der Waals surface area (Å²) in [6.07, 6.45) is 2.74. The highest BCUT2D eigenvalue weighted by Gasteiger charge is 2.42. The third-order valence-electron chi connectivity index (χ3n) is 7.25. The molecule has 0 radical (unpaired) electrons. The van der Waals surface area contributed by atoms with Gasteiger partial charge in [0.05, 0.1) is 36.6 Å². The van der Waals surface area contributed by atoms with Gasteiger partial charge in [-0.05, 0) is 30.5 Å². The van der Waals surface area contributed by atoms with E-state index in [4.69, 9.17) is 4.74 Å². The normalized spacial score (nSPS) is 21.4. The molecule has 2 aromatic rings. The molecule has 0 unspecified atom stereocenters. The fraction of sp³-hybridized carbons (Fsp3) is 0.500.